The molecule has 0 spiro atoms. The van der Waals surface area contributed by atoms with Crippen molar-refractivity contribution in [2.24, 2.45) is 22.7 Å². The number of carbonyl (C=O) groups excluding carboxylic acids is 1. The first-order valence-corrected chi connectivity index (χ1v) is 6.45. The molecule has 16 heavy (non-hydrogen) atoms. The van der Waals surface area contributed by atoms with Gasteiger partial charge in [-0.2, -0.15) is 0 Å². The van der Waals surface area contributed by atoms with Gasteiger partial charge in [0.25, 0.3) is 0 Å². The molecule has 1 nitrogen and oxygen atoms in total. The highest BCUT2D eigenvalue weighted by Crippen LogP contribution is 2.60. The van der Waals surface area contributed by atoms with Crippen LogP contribution in [0.4, 0.5) is 0 Å². The predicted octanol–water partition coefficient (Wildman–Crippen LogP) is 3.98. The van der Waals surface area contributed by atoms with Gasteiger partial charge in [-0.05, 0) is 43.4 Å². The van der Waals surface area contributed by atoms with Crippen LogP contribution in [0.25, 0.3) is 0 Å². The van der Waals surface area contributed by atoms with Crippen molar-refractivity contribution in [3.8, 4) is 0 Å². The van der Waals surface area contributed by atoms with Gasteiger partial charge >= 0.3 is 0 Å². The van der Waals surface area contributed by atoms with Gasteiger partial charge in [-0.15, -0.1) is 0 Å². The number of rotatable bonds is 3. The zero-order chi connectivity index (χ0) is 12.1. The second kappa shape index (κ2) is 3.45. The van der Waals surface area contributed by atoms with E-state index in [1.165, 1.54) is 12.8 Å². The topological polar surface area (TPSA) is 17.1 Å². The lowest BCUT2D eigenvalue weighted by Gasteiger charge is -2.57. The van der Waals surface area contributed by atoms with Crippen LogP contribution in [0.5, 0.6) is 0 Å². The first kappa shape index (κ1) is 11.9. The molecule has 2 unspecified atom stereocenters. The van der Waals surface area contributed by atoms with Gasteiger partial charge in [0, 0.05) is 5.41 Å². The minimum atomic E-state index is -0.176. The molecule has 0 saturated heterocycles. The van der Waals surface area contributed by atoms with E-state index < -0.39 is 0 Å². The second-order valence-electron chi connectivity index (χ2n) is 6.94. The van der Waals surface area contributed by atoms with Crippen LogP contribution in [-0.2, 0) is 4.79 Å². The van der Waals surface area contributed by atoms with E-state index in [0.717, 1.165) is 18.3 Å². The van der Waals surface area contributed by atoms with Crippen LogP contribution in [0.15, 0.2) is 11.6 Å². The summed E-state index contributed by atoms with van der Waals surface area (Å²) in [6.07, 6.45) is 5.96. The third-order valence-corrected chi connectivity index (χ3v) is 5.18. The standard InChI is InChI=1S/C15H24O/c1-10(16)14(2,3)9-11-6-7-12-8-13(11)15(12,4)5/h6,12-13H,7-9H2,1-5H3. The summed E-state index contributed by atoms with van der Waals surface area (Å²) in [6, 6.07) is 0. The van der Waals surface area contributed by atoms with Gasteiger partial charge in [0.1, 0.15) is 5.78 Å². The molecule has 0 N–H and O–H groups in total. The van der Waals surface area contributed by atoms with Crippen LogP contribution in [0.2, 0.25) is 0 Å². The smallest absolute Gasteiger partial charge is 0.135 e. The SMILES string of the molecule is CC(=O)C(C)(C)CC1=CCC2CC1C2(C)C. The Morgan fingerprint density at radius 2 is 2.12 bits per heavy atom. The molecule has 1 fully saturated rings. The van der Waals surface area contributed by atoms with E-state index in [1.807, 2.05) is 0 Å². The molecule has 1 saturated carbocycles. The van der Waals surface area contributed by atoms with Crippen molar-refractivity contribution < 1.29 is 4.79 Å². The van der Waals surface area contributed by atoms with Crippen LogP contribution in [0.3, 0.4) is 0 Å². The lowest BCUT2D eigenvalue weighted by molar-refractivity contribution is -0.125. The molecule has 0 aromatic rings. The molecule has 0 heterocycles. The van der Waals surface area contributed by atoms with Crippen LogP contribution in [-0.4, -0.2) is 5.78 Å². The molecule has 0 aromatic heterocycles. The van der Waals surface area contributed by atoms with Gasteiger partial charge < -0.3 is 0 Å². The number of fused-ring (bicyclic) bond motifs is 1. The van der Waals surface area contributed by atoms with Crippen molar-refractivity contribution in [3.05, 3.63) is 11.6 Å². The summed E-state index contributed by atoms with van der Waals surface area (Å²) in [5.74, 6) is 1.94. The summed E-state index contributed by atoms with van der Waals surface area (Å²) in [4.78, 5) is 11.6. The fraction of sp³-hybridized carbons (Fsp3) is 0.800. The summed E-state index contributed by atoms with van der Waals surface area (Å²) in [5.41, 5.74) is 1.86. The van der Waals surface area contributed by atoms with Gasteiger partial charge in [0.15, 0.2) is 0 Å². The Hall–Kier alpha value is -0.590. The molecule has 1 heteroatoms. The van der Waals surface area contributed by atoms with E-state index >= 15 is 0 Å². The number of hydrogen-bond donors (Lipinski definition) is 0. The molecule has 0 amide bonds. The van der Waals surface area contributed by atoms with E-state index in [9.17, 15) is 4.79 Å². The highest BCUT2D eigenvalue weighted by molar-refractivity contribution is 5.81. The number of hydrogen-bond acceptors (Lipinski definition) is 1. The van der Waals surface area contributed by atoms with E-state index in [1.54, 1.807) is 12.5 Å². The van der Waals surface area contributed by atoms with E-state index in [-0.39, 0.29) is 5.41 Å². The van der Waals surface area contributed by atoms with Crippen LogP contribution in [0.1, 0.15) is 53.9 Å². The largest absolute Gasteiger partial charge is 0.299 e. The Balaban J connectivity index is 2.13. The summed E-state index contributed by atoms with van der Waals surface area (Å²) < 4.78 is 0. The number of ketones is 1. The summed E-state index contributed by atoms with van der Waals surface area (Å²) in [6.45, 7) is 10.7. The monoisotopic (exact) mass is 220 g/mol. The fourth-order valence-corrected chi connectivity index (χ4v) is 3.31. The Morgan fingerprint density at radius 3 is 2.56 bits per heavy atom. The normalized spacial score (nSPS) is 31.7. The average molecular weight is 220 g/mol. The molecule has 3 aliphatic carbocycles. The first-order valence-electron chi connectivity index (χ1n) is 6.45. The Kier molecular flexibility index (Phi) is 2.56. The maximum Gasteiger partial charge on any atom is 0.135 e. The van der Waals surface area contributed by atoms with Gasteiger partial charge in [-0.25, -0.2) is 0 Å². The molecule has 0 radical (unpaired) electrons. The van der Waals surface area contributed by atoms with Crippen molar-refractivity contribution in [2.45, 2.75) is 53.9 Å². The van der Waals surface area contributed by atoms with Crippen LogP contribution in [0, 0.1) is 22.7 Å². The molecule has 0 aromatic carbocycles. The van der Waals surface area contributed by atoms with Gasteiger partial charge in [-0.1, -0.05) is 39.3 Å². The molecule has 2 bridgehead atoms. The minimum Gasteiger partial charge on any atom is -0.299 e. The van der Waals surface area contributed by atoms with Gasteiger partial charge in [0.05, 0.1) is 0 Å². The van der Waals surface area contributed by atoms with Crippen molar-refractivity contribution in [1.29, 1.82) is 0 Å². The quantitative estimate of drug-likeness (QED) is 0.657. The highest BCUT2D eigenvalue weighted by atomic mass is 16.1. The van der Waals surface area contributed by atoms with Crippen LogP contribution >= 0.6 is 0 Å². The second-order valence-corrected chi connectivity index (χ2v) is 6.94. The summed E-state index contributed by atoms with van der Waals surface area (Å²) in [5, 5.41) is 0. The van der Waals surface area contributed by atoms with Crippen molar-refractivity contribution in [3.63, 3.8) is 0 Å². The van der Waals surface area contributed by atoms with Crippen molar-refractivity contribution in [1.82, 2.24) is 0 Å². The molecule has 3 aliphatic rings. The third kappa shape index (κ3) is 1.65. The number of allylic oxidation sites excluding steroid dienone is 2. The Labute approximate surface area is 99.3 Å². The first-order chi connectivity index (χ1) is 7.25. The van der Waals surface area contributed by atoms with E-state index in [0.29, 0.717) is 11.2 Å². The Bertz CT molecular complexity index is 346. The zero-order valence-corrected chi connectivity index (χ0v) is 11.3. The number of Topliss-reactive ketones (excluding diaryl/α,β-unsaturated/α-hetero) is 1. The maximum atomic E-state index is 11.6. The minimum absolute atomic E-state index is 0.176. The number of carbonyl (C=O) groups is 1. The molecular formula is C15H24O. The highest BCUT2D eigenvalue weighted by Gasteiger charge is 2.51. The third-order valence-electron chi connectivity index (χ3n) is 5.18. The molecule has 0 aliphatic heterocycles. The molecular weight excluding hydrogens is 196 g/mol. The lowest BCUT2D eigenvalue weighted by Crippen LogP contribution is -2.48. The van der Waals surface area contributed by atoms with E-state index in [2.05, 4.69) is 33.8 Å². The molecule has 3 rings (SSSR count). The average Bonchev–Trinajstić information content (AvgIpc) is 2.16. The fourth-order valence-electron chi connectivity index (χ4n) is 3.31. The van der Waals surface area contributed by atoms with Crippen molar-refractivity contribution in [2.75, 3.05) is 0 Å². The molecule has 90 valence electrons. The van der Waals surface area contributed by atoms with Gasteiger partial charge in [-0.3, -0.25) is 4.79 Å². The van der Waals surface area contributed by atoms with Crippen LogP contribution < -0.4 is 0 Å². The van der Waals surface area contributed by atoms with E-state index in [4.69, 9.17) is 0 Å². The zero-order valence-electron chi connectivity index (χ0n) is 11.3. The van der Waals surface area contributed by atoms with Gasteiger partial charge in [0.2, 0.25) is 0 Å². The Morgan fingerprint density at radius 1 is 1.50 bits per heavy atom. The molecule has 2 atom stereocenters. The predicted molar refractivity (Wildman–Crippen MR) is 67.2 cm³/mol. The summed E-state index contributed by atoms with van der Waals surface area (Å²) in [7, 11) is 0. The maximum absolute atomic E-state index is 11.6. The summed E-state index contributed by atoms with van der Waals surface area (Å²) >= 11 is 0. The lowest BCUT2D eigenvalue weighted by atomic mass is 9.48. The van der Waals surface area contributed by atoms with Crippen molar-refractivity contribution >= 4 is 5.78 Å².